The van der Waals surface area contributed by atoms with Crippen molar-refractivity contribution in [2.24, 2.45) is 0 Å². The summed E-state index contributed by atoms with van der Waals surface area (Å²) in [5.74, 6) is 2.49. The molecule has 0 saturated carbocycles. The molecule has 0 atom stereocenters. The van der Waals surface area contributed by atoms with Crippen LogP contribution in [-0.4, -0.2) is 13.2 Å². The third kappa shape index (κ3) is 4.31. The van der Waals surface area contributed by atoms with Crippen LogP contribution in [0.2, 0.25) is 0 Å². The average Bonchev–Trinajstić information content (AvgIpc) is 2.77. The maximum absolute atomic E-state index is 6.23. The van der Waals surface area contributed by atoms with Crippen molar-refractivity contribution in [3.63, 3.8) is 0 Å². The fourth-order valence-electron chi connectivity index (χ4n) is 4.17. The molecule has 0 amide bonds. The largest absolute Gasteiger partial charge is 0.494 e. The molecule has 0 radical (unpaired) electrons. The standard InChI is InChI=1S/C27H34O4/c1-6-8-10-28-18(3)19-12-20-16-30-24-15-22(27(4,5)31-11-9-7-2)13-21-17-29-23(14-19)25(20)26(21)24/h12-15H,3,6-11,16-17H2,1-2,4-5H3. The summed E-state index contributed by atoms with van der Waals surface area (Å²) < 4.78 is 24.5. The third-order valence-electron chi connectivity index (χ3n) is 6.14. The fraction of sp³-hybridized carbons (Fsp3) is 0.481. The van der Waals surface area contributed by atoms with Crippen LogP contribution in [0.15, 0.2) is 30.8 Å². The maximum atomic E-state index is 6.23. The Balaban J connectivity index is 1.66. The van der Waals surface area contributed by atoms with Crippen LogP contribution in [0.3, 0.4) is 0 Å². The van der Waals surface area contributed by atoms with Crippen molar-refractivity contribution in [1.82, 2.24) is 0 Å². The number of unbranched alkanes of at least 4 members (excludes halogenated alkanes) is 2. The smallest absolute Gasteiger partial charge is 0.128 e. The molecule has 4 heteroatoms. The summed E-state index contributed by atoms with van der Waals surface area (Å²) in [5, 5.41) is 0. The van der Waals surface area contributed by atoms with Gasteiger partial charge in [-0.3, -0.25) is 0 Å². The van der Waals surface area contributed by atoms with E-state index in [1.807, 2.05) is 0 Å². The monoisotopic (exact) mass is 422 g/mol. The Morgan fingerprint density at radius 2 is 1.52 bits per heavy atom. The van der Waals surface area contributed by atoms with Crippen LogP contribution in [0, 0.1) is 0 Å². The van der Waals surface area contributed by atoms with Gasteiger partial charge < -0.3 is 18.9 Å². The normalized spacial score (nSPS) is 13.8. The van der Waals surface area contributed by atoms with Crippen LogP contribution in [0.5, 0.6) is 11.5 Å². The highest BCUT2D eigenvalue weighted by Gasteiger charge is 2.32. The fourth-order valence-corrected chi connectivity index (χ4v) is 4.17. The lowest BCUT2D eigenvalue weighted by Gasteiger charge is -2.33. The third-order valence-corrected chi connectivity index (χ3v) is 6.14. The van der Waals surface area contributed by atoms with E-state index in [0.29, 0.717) is 25.6 Å². The first-order chi connectivity index (χ1) is 14.9. The molecule has 0 saturated heterocycles. The molecule has 4 rings (SSSR count). The molecule has 0 N–H and O–H groups in total. The van der Waals surface area contributed by atoms with E-state index in [0.717, 1.165) is 77.2 Å². The number of hydrogen-bond donors (Lipinski definition) is 0. The first-order valence-corrected chi connectivity index (χ1v) is 11.5. The Morgan fingerprint density at radius 3 is 2.19 bits per heavy atom. The molecule has 2 aliphatic heterocycles. The second-order valence-electron chi connectivity index (χ2n) is 8.93. The summed E-state index contributed by atoms with van der Waals surface area (Å²) in [5.41, 5.74) is 6.28. The molecule has 0 fully saturated rings. The van der Waals surface area contributed by atoms with Gasteiger partial charge in [0, 0.05) is 34.4 Å². The highest BCUT2D eigenvalue weighted by atomic mass is 16.5. The Morgan fingerprint density at radius 1 is 0.903 bits per heavy atom. The van der Waals surface area contributed by atoms with Crippen molar-refractivity contribution in [2.45, 2.75) is 72.2 Å². The van der Waals surface area contributed by atoms with Gasteiger partial charge in [-0.05, 0) is 56.5 Å². The molecule has 0 aliphatic carbocycles. The zero-order chi connectivity index (χ0) is 22.0. The van der Waals surface area contributed by atoms with E-state index in [4.69, 9.17) is 18.9 Å². The first-order valence-electron chi connectivity index (χ1n) is 11.5. The quantitative estimate of drug-likeness (QED) is 0.306. The van der Waals surface area contributed by atoms with Crippen molar-refractivity contribution in [3.05, 3.63) is 53.1 Å². The summed E-state index contributed by atoms with van der Waals surface area (Å²) in [4.78, 5) is 0. The zero-order valence-corrected chi connectivity index (χ0v) is 19.3. The van der Waals surface area contributed by atoms with Crippen LogP contribution in [0.4, 0.5) is 0 Å². The van der Waals surface area contributed by atoms with E-state index in [2.05, 4.69) is 58.5 Å². The molecule has 0 aromatic heterocycles. The molecule has 0 unspecified atom stereocenters. The van der Waals surface area contributed by atoms with Gasteiger partial charge in [-0.2, -0.15) is 0 Å². The topological polar surface area (TPSA) is 36.9 Å². The van der Waals surface area contributed by atoms with E-state index in [-0.39, 0.29) is 5.60 Å². The van der Waals surface area contributed by atoms with E-state index in [1.165, 1.54) is 0 Å². The predicted octanol–water partition coefficient (Wildman–Crippen LogP) is 6.98. The highest BCUT2D eigenvalue weighted by molar-refractivity contribution is 5.86. The average molecular weight is 423 g/mol. The second-order valence-corrected chi connectivity index (χ2v) is 8.93. The molecule has 2 aromatic carbocycles. The van der Waals surface area contributed by atoms with Crippen LogP contribution in [0.1, 0.15) is 75.6 Å². The molecule has 166 valence electrons. The van der Waals surface area contributed by atoms with Gasteiger partial charge in [-0.15, -0.1) is 0 Å². The highest BCUT2D eigenvalue weighted by Crippen LogP contribution is 2.50. The van der Waals surface area contributed by atoms with Crippen molar-refractivity contribution in [1.29, 1.82) is 0 Å². The van der Waals surface area contributed by atoms with Gasteiger partial charge in [0.05, 0.1) is 12.2 Å². The summed E-state index contributed by atoms with van der Waals surface area (Å²) in [6.07, 6.45) is 4.31. The van der Waals surface area contributed by atoms with Crippen molar-refractivity contribution in [3.8, 4) is 22.6 Å². The number of ether oxygens (including phenoxy) is 4. The summed E-state index contributed by atoms with van der Waals surface area (Å²) in [6.45, 7) is 15.2. The summed E-state index contributed by atoms with van der Waals surface area (Å²) in [6, 6.07) is 8.54. The molecular formula is C27H34O4. The van der Waals surface area contributed by atoms with Gasteiger partial charge in [0.15, 0.2) is 0 Å². The van der Waals surface area contributed by atoms with Gasteiger partial charge in [0.2, 0.25) is 0 Å². The Hall–Kier alpha value is -2.46. The lowest BCUT2D eigenvalue weighted by Crippen LogP contribution is -2.24. The summed E-state index contributed by atoms with van der Waals surface area (Å²) in [7, 11) is 0. The lowest BCUT2D eigenvalue weighted by atomic mass is 9.85. The van der Waals surface area contributed by atoms with E-state index >= 15 is 0 Å². The molecule has 0 bridgehead atoms. The van der Waals surface area contributed by atoms with Gasteiger partial charge in [-0.25, -0.2) is 0 Å². The van der Waals surface area contributed by atoms with Crippen molar-refractivity contribution >= 4 is 5.76 Å². The molecule has 2 aromatic rings. The van der Waals surface area contributed by atoms with Crippen LogP contribution in [-0.2, 0) is 28.3 Å². The Kier molecular flexibility index (Phi) is 6.29. The van der Waals surface area contributed by atoms with E-state index in [9.17, 15) is 0 Å². The van der Waals surface area contributed by atoms with Crippen molar-refractivity contribution < 1.29 is 18.9 Å². The lowest BCUT2D eigenvalue weighted by molar-refractivity contribution is -0.0231. The number of hydrogen-bond acceptors (Lipinski definition) is 4. The Bertz CT molecular complexity index is 923. The minimum absolute atomic E-state index is 0.373. The summed E-state index contributed by atoms with van der Waals surface area (Å²) >= 11 is 0. The maximum Gasteiger partial charge on any atom is 0.128 e. The molecular weight excluding hydrogens is 388 g/mol. The minimum atomic E-state index is -0.373. The van der Waals surface area contributed by atoms with E-state index < -0.39 is 0 Å². The minimum Gasteiger partial charge on any atom is -0.494 e. The van der Waals surface area contributed by atoms with Gasteiger partial charge in [-0.1, -0.05) is 33.3 Å². The first kappa shape index (κ1) is 21.8. The van der Waals surface area contributed by atoms with E-state index in [1.54, 1.807) is 0 Å². The number of benzene rings is 2. The van der Waals surface area contributed by atoms with Gasteiger partial charge in [0.25, 0.3) is 0 Å². The predicted molar refractivity (Wildman–Crippen MR) is 124 cm³/mol. The zero-order valence-electron chi connectivity index (χ0n) is 19.3. The van der Waals surface area contributed by atoms with Crippen LogP contribution in [0.25, 0.3) is 16.9 Å². The van der Waals surface area contributed by atoms with Crippen molar-refractivity contribution in [2.75, 3.05) is 13.2 Å². The van der Waals surface area contributed by atoms with Gasteiger partial charge >= 0.3 is 0 Å². The molecule has 2 heterocycles. The van der Waals surface area contributed by atoms with Crippen LogP contribution < -0.4 is 9.47 Å². The molecule has 4 nitrogen and oxygen atoms in total. The second kappa shape index (κ2) is 8.96. The van der Waals surface area contributed by atoms with Crippen LogP contribution >= 0.6 is 0 Å². The molecule has 31 heavy (non-hydrogen) atoms. The van der Waals surface area contributed by atoms with Gasteiger partial charge in [0.1, 0.15) is 30.5 Å². The number of rotatable bonds is 10. The molecule has 0 spiro atoms. The Labute approximate surface area is 186 Å². The molecule has 2 aliphatic rings. The SMILES string of the molecule is C=C(OCCCC)c1cc2c3c(c1)OCc1cc(C(C)(C)OCCCC)cc(c1-3)OC2.